The summed E-state index contributed by atoms with van der Waals surface area (Å²) in [6.07, 6.45) is -3.94. The van der Waals surface area contributed by atoms with Gasteiger partial charge in [-0.3, -0.25) is 0 Å². The van der Waals surface area contributed by atoms with Crippen LogP contribution in [-0.2, 0) is 6.18 Å². The number of nitrogens with one attached hydrogen (secondary N) is 2. The molecule has 2 rings (SSSR count). The Kier molecular flexibility index (Phi) is 5.66. The van der Waals surface area contributed by atoms with Crippen LogP contribution in [0.4, 0.5) is 35.0 Å². The molecule has 25 heavy (non-hydrogen) atoms. The van der Waals surface area contributed by atoms with Crippen LogP contribution in [0.15, 0.2) is 24.3 Å². The predicted octanol–water partition coefficient (Wildman–Crippen LogP) is 4.60. The number of hydrogen-bond donors (Lipinski definition) is 2. The van der Waals surface area contributed by atoms with Crippen molar-refractivity contribution in [2.75, 3.05) is 17.7 Å². The van der Waals surface area contributed by atoms with Crippen molar-refractivity contribution in [3.8, 4) is 5.75 Å². The fourth-order valence-corrected chi connectivity index (χ4v) is 1.94. The van der Waals surface area contributed by atoms with Gasteiger partial charge in [-0.1, -0.05) is 6.92 Å². The number of halogens is 4. The molecule has 0 aliphatic rings. The second-order valence-electron chi connectivity index (χ2n) is 5.39. The molecule has 2 N–H and O–H groups in total. The van der Waals surface area contributed by atoms with E-state index in [4.69, 9.17) is 4.74 Å². The minimum absolute atomic E-state index is 0.0309. The highest BCUT2D eigenvalue weighted by Gasteiger charge is 2.34. The fourth-order valence-electron chi connectivity index (χ4n) is 1.94. The van der Waals surface area contributed by atoms with Crippen molar-refractivity contribution in [1.82, 2.24) is 9.97 Å². The quantitative estimate of drug-likeness (QED) is 0.739. The van der Waals surface area contributed by atoms with E-state index in [9.17, 15) is 17.6 Å². The summed E-state index contributed by atoms with van der Waals surface area (Å²) in [5.41, 5.74) is -0.857. The van der Waals surface area contributed by atoms with E-state index < -0.39 is 17.7 Å². The van der Waals surface area contributed by atoms with Crippen molar-refractivity contribution in [2.45, 2.75) is 32.5 Å². The molecule has 9 heteroatoms. The van der Waals surface area contributed by atoms with Crippen molar-refractivity contribution in [2.24, 2.45) is 0 Å². The fraction of sp³-hybridized carbons (Fsp3) is 0.375. The monoisotopic (exact) mass is 358 g/mol. The Hall–Kier alpha value is -2.58. The first kappa shape index (κ1) is 18.8. The Balaban J connectivity index is 2.35. The number of anilines is 3. The molecule has 0 aliphatic carbocycles. The van der Waals surface area contributed by atoms with E-state index in [-0.39, 0.29) is 29.2 Å². The third kappa shape index (κ3) is 4.94. The van der Waals surface area contributed by atoms with Gasteiger partial charge in [0.1, 0.15) is 5.82 Å². The summed E-state index contributed by atoms with van der Waals surface area (Å²) in [5.74, 6) is -0.864. The van der Waals surface area contributed by atoms with Gasteiger partial charge in [0, 0.05) is 23.9 Å². The normalized spacial score (nSPS) is 12.6. The van der Waals surface area contributed by atoms with Gasteiger partial charge in [0.15, 0.2) is 17.3 Å². The van der Waals surface area contributed by atoms with E-state index in [1.165, 1.54) is 19.2 Å². The lowest BCUT2D eigenvalue weighted by molar-refractivity contribution is -0.141. The molecule has 0 radical (unpaired) electrons. The van der Waals surface area contributed by atoms with E-state index in [1.807, 2.05) is 6.92 Å². The van der Waals surface area contributed by atoms with Crippen LogP contribution < -0.4 is 15.4 Å². The summed E-state index contributed by atoms with van der Waals surface area (Å²) in [6.45, 7) is 3.68. The average molecular weight is 358 g/mol. The maximum atomic E-state index is 13.7. The molecule has 5 nitrogen and oxygen atoms in total. The second-order valence-corrected chi connectivity index (χ2v) is 5.39. The van der Waals surface area contributed by atoms with Gasteiger partial charge in [0.05, 0.1) is 7.11 Å². The Labute approximate surface area is 142 Å². The van der Waals surface area contributed by atoms with Gasteiger partial charge in [0.2, 0.25) is 5.95 Å². The number of rotatable bonds is 6. The van der Waals surface area contributed by atoms with Gasteiger partial charge in [-0.15, -0.1) is 0 Å². The molecule has 0 spiro atoms. The zero-order valence-corrected chi connectivity index (χ0v) is 13.9. The van der Waals surface area contributed by atoms with E-state index in [0.717, 1.165) is 12.1 Å². The minimum Gasteiger partial charge on any atom is -0.494 e. The first-order chi connectivity index (χ1) is 11.7. The van der Waals surface area contributed by atoms with Crippen LogP contribution >= 0.6 is 0 Å². The highest BCUT2D eigenvalue weighted by atomic mass is 19.4. The smallest absolute Gasteiger partial charge is 0.433 e. The zero-order chi connectivity index (χ0) is 18.6. The van der Waals surface area contributed by atoms with Crippen LogP contribution in [0, 0.1) is 5.82 Å². The first-order valence-corrected chi connectivity index (χ1v) is 7.56. The van der Waals surface area contributed by atoms with Crippen LogP contribution in [0.2, 0.25) is 0 Å². The summed E-state index contributed by atoms with van der Waals surface area (Å²) >= 11 is 0. The zero-order valence-electron chi connectivity index (χ0n) is 13.9. The second kappa shape index (κ2) is 7.54. The molecule has 2 aromatic rings. The molecule has 136 valence electrons. The molecule has 0 aliphatic heterocycles. The number of aromatic nitrogens is 2. The average Bonchev–Trinajstić information content (AvgIpc) is 2.54. The van der Waals surface area contributed by atoms with Gasteiger partial charge in [-0.2, -0.15) is 18.2 Å². The van der Waals surface area contributed by atoms with Crippen LogP contribution in [0.25, 0.3) is 0 Å². The topological polar surface area (TPSA) is 59.1 Å². The van der Waals surface area contributed by atoms with Crippen LogP contribution in [-0.4, -0.2) is 23.1 Å². The number of methoxy groups -OCH3 is 1. The molecule has 0 fully saturated rings. The molecule has 0 bridgehead atoms. The summed E-state index contributed by atoms with van der Waals surface area (Å²) in [5, 5.41) is 5.46. The van der Waals surface area contributed by atoms with Crippen molar-refractivity contribution in [3.05, 3.63) is 35.8 Å². The third-order valence-electron chi connectivity index (χ3n) is 3.43. The summed E-state index contributed by atoms with van der Waals surface area (Å²) < 4.78 is 57.7. The first-order valence-electron chi connectivity index (χ1n) is 7.56. The van der Waals surface area contributed by atoms with Crippen molar-refractivity contribution in [1.29, 1.82) is 0 Å². The summed E-state index contributed by atoms with van der Waals surface area (Å²) in [6, 6.07) is 4.61. The van der Waals surface area contributed by atoms with Gasteiger partial charge in [0.25, 0.3) is 0 Å². The largest absolute Gasteiger partial charge is 0.494 e. The van der Waals surface area contributed by atoms with E-state index >= 15 is 0 Å². The molecule has 1 atom stereocenters. The van der Waals surface area contributed by atoms with Gasteiger partial charge in [-0.05, 0) is 25.5 Å². The lowest BCUT2D eigenvalue weighted by Crippen LogP contribution is -2.18. The van der Waals surface area contributed by atoms with E-state index in [1.54, 1.807) is 6.92 Å². The summed E-state index contributed by atoms with van der Waals surface area (Å²) in [4.78, 5) is 7.51. The predicted molar refractivity (Wildman–Crippen MR) is 86.6 cm³/mol. The lowest BCUT2D eigenvalue weighted by Gasteiger charge is -2.15. The van der Waals surface area contributed by atoms with E-state index in [2.05, 4.69) is 20.6 Å². The molecular formula is C16H18F4N4O. The molecule has 0 saturated heterocycles. The Morgan fingerprint density at radius 1 is 1.20 bits per heavy atom. The van der Waals surface area contributed by atoms with Crippen LogP contribution in [0.5, 0.6) is 5.75 Å². The molecule has 0 saturated carbocycles. The van der Waals surface area contributed by atoms with Crippen molar-refractivity contribution >= 4 is 17.5 Å². The molecule has 0 amide bonds. The SMILES string of the molecule is CC[C@@H](C)Nc1nc(Nc2ccc(OC)c(F)c2)cc(C(F)(F)F)n1. The Morgan fingerprint density at radius 2 is 1.92 bits per heavy atom. The number of ether oxygens (including phenoxy) is 1. The van der Waals surface area contributed by atoms with Gasteiger partial charge >= 0.3 is 6.18 Å². The van der Waals surface area contributed by atoms with Crippen LogP contribution in [0.1, 0.15) is 26.0 Å². The number of hydrogen-bond acceptors (Lipinski definition) is 5. The lowest BCUT2D eigenvalue weighted by atomic mass is 10.2. The number of benzene rings is 1. The highest BCUT2D eigenvalue weighted by molar-refractivity contribution is 5.59. The number of alkyl halides is 3. The van der Waals surface area contributed by atoms with E-state index in [0.29, 0.717) is 6.42 Å². The third-order valence-corrected chi connectivity index (χ3v) is 3.43. The highest BCUT2D eigenvalue weighted by Crippen LogP contribution is 2.31. The maximum Gasteiger partial charge on any atom is 0.433 e. The Bertz CT molecular complexity index is 737. The van der Waals surface area contributed by atoms with Gasteiger partial charge < -0.3 is 15.4 Å². The maximum absolute atomic E-state index is 13.7. The molecule has 0 unspecified atom stereocenters. The Morgan fingerprint density at radius 3 is 2.48 bits per heavy atom. The molecule has 1 aromatic heterocycles. The van der Waals surface area contributed by atoms with Crippen LogP contribution in [0.3, 0.4) is 0 Å². The van der Waals surface area contributed by atoms with Crippen molar-refractivity contribution in [3.63, 3.8) is 0 Å². The molecule has 1 aromatic carbocycles. The van der Waals surface area contributed by atoms with Gasteiger partial charge in [-0.25, -0.2) is 9.37 Å². The number of nitrogens with zero attached hydrogens (tertiary/aromatic N) is 2. The standard InChI is InChI=1S/C16H18F4N4O/c1-4-9(2)21-15-23-13(16(18,19)20)8-14(24-15)22-10-5-6-12(25-3)11(17)7-10/h5-9H,4H2,1-3H3,(H2,21,22,23,24)/t9-/m1/s1. The van der Waals surface area contributed by atoms with Crippen molar-refractivity contribution < 1.29 is 22.3 Å². The molecule has 1 heterocycles. The summed E-state index contributed by atoms with van der Waals surface area (Å²) in [7, 11) is 1.32. The molecular weight excluding hydrogens is 340 g/mol. The minimum atomic E-state index is -4.63.